The maximum atomic E-state index is 12.2. The van der Waals surface area contributed by atoms with Gasteiger partial charge in [-0.15, -0.1) is 11.8 Å². The molecule has 1 amide bonds. The Labute approximate surface area is 132 Å². The second-order valence-corrected chi connectivity index (χ2v) is 6.83. The van der Waals surface area contributed by atoms with Crippen LogP contribution < -0.4 is 0 Å². The number of carbonyl (C=O) groups excluding carboxylic acids is 1. The van der Waals surface area contributed by atoms with E-state index in [2.05, 4.69) is 32.0 Å². The van der Waals surface area contributed by atoms with Crippen LogP contribution >= 0.6 is 11.8 Å². The Morgan fingerprint density at radius 3 is 2.62 bits per heavy atom. The molecular formula is C17H25NO2S. The number of likely N-dealkylation sites (tertiary alicyclic amines) is 1. The molecule has 1 fully saturated rings. The van der Waals surface area contributed by atoms with E-state index < -0.39 is 0 Å². The number of hydrogen-bond acceptors (Lipinski definition) is 3. The van der Waals surface area contributed by atoms with Crippen LogP contribution in [0.3, 0.4) is 0 Å². The number of carbonyl (C=O) groups is 1. The van der Waals surface area contributed by atoms with Crippen LogP contribution in [0.5, 0.6) is 0 Å². The first kappa shape index (κ1) is 16.4. The number of thioether (sulfide) groups is 1. The summed E-state index contributed by atoms with van der Waals surface area (Å²) in [5.41, 5.74) is 2.63. The molecule has 0 unspecified atom stereocenters. The summed E-state index contributed by atoms with van der Waals surface area (Å²) in [6, 6.07) is 6.49. The van der Waals surface area contributed by atoms with Crippen molar-refractivity contribution in [3.8, 4) is 0 Å². The van der Waals surface area contributed by atoms with Gasteiger partial charge in [0.2, 0.25) is 5.91 Å². The van der Waals surface area contributed by atoms with E-state index in [-0.39, 0.29) is 5.91 Å². The van der Waals surface area contributed by atoms with Crippen molar-refractivity contribution in [2.24, 2.45) is 0 Å². The molecule has 116 valence electrons. The predicted octanol–water partition coefficient (Wildman–Crippen LogP) is 3.42. The normalized spacial score (nSPS) is 16.2. The lowest BCUT2D eigenvalue weighted by molar-refractivity contribution is -0.133. The van der Waals surface area contributed by atoms with Gasteiger partial charge in [0.15, 0.2) is 0 Å². The van der Waals surface area contributed by atoms with E-state index in [0.717, 1.165) is 31.7 Å². The first-order valence-corrected chi connectivity index (χ1v) is 8.59. The molecule has 21 heavy (non-hydrogen) atoms. The van der Waals surface area contributed by atoms with Crippen LogP contribution in [0.15, 0.2) is 23.1 Å². The number of aryl methyl sites for hydroxylation is 2. The second-order valence-electron chi connectivity index (χ2n) is 5.66. The summed E-state index contributed by atoms with van der Waals surface area (Å²) in [4.78, 5) is 15.4. The third kappa shape index (κ3) is 4.75. The Morgan fingerprint density at radius 2 is 2.00 bits per heavy atom. The molecule has 3 nitrogen and oxygen atoms in total. The molecule has 4 heteroatoms. The molecule has 0 atom stereocenters. The van der Waals surface area contributed by atoms with Crippen LogP contribution in [0.25, 0.3) is 0 Å². The van der Waals surface area contributed by atoms with Crippen molar-refractivity contribution in [3.05, 3.63) is 29.3 Å². The fourth-order valence-electron chi connectivity index (χ4n) is 2.56. The van der Waals surface area contributed by atoms with Gasteiger partial charge in [-0.2, -0.15) is 0 Å². The molecule has 0 radical (unpaired) electrons. The van der Waals surface area contributed by atoms with Gasteiger partial charge < -0.3 is 9.64 Å². The second kappa shape index (κ2) is 7.85. The third-order valence-electron chi connectivity index (χ3n) is 4.19. The van der Waals surface area contributed by atoms with Gasteiger partial charge in [-0.3, -0.25) is 4.79 Å². The number of rotatable bonds is 5. The van der Waals surface area contributed by atoms with E-state index in [1.54, 1.807) is 18.9 Å². The molecule has 0 bridgehead atoms. The number of methoxy groups -OCH3 is 1. The van der Waals surface area contributed by atoms with E-state index in [9.17, 15) is 4.79 Å². The smallest absolute Gasteiger partial charge is 0.223 e. The molecule has 0 saturated carbocycles. The summed E-state index contributed by atoms with van der Waals surface area (Å²) < 4.78 is 5.34. The van der Waals surface area contributed by atoms with Gasteiger partial charge >= 0.3 is 0 Å². The SMILES string of the molecule is COC1CCN(C(=O)CCSc2ccc(C)c(C)c2)CC1. The van der Waals surface area contributed by atoms with Gasteiger partial charge in [0.25, 0.3) is 0 Å². The number of piperidine rings is 1. The summed E-state index contributed by atoms with van der Waals surface area (Å²) in [5.74, 6) is 1.13. The summed E-state index contributed by atoms with van der Waals surface area (Å²) >= 11 is 1.77. The zero-order valence-corrected chi connectivity index (χ0v) is 14.0. The van der Waals surface area contributed by atoms with Gasteiger partial charge in [0.1, 0.15) is 0 Å². The molecule has 1 aromatic carbocycles. The van der Waals surface area contributed by atoms with E-state index in [1.165, 1.54) is 16.0 Å². The Kier molecular flexibility index (Phi) is 6.12. The molecule has 0 N–H and O–H groups in total. The van der Waals surface area contributed by atoms with Crippen molar-refractivity contribution < 1.29 is 9.53 Å². The van der Waals surface area contributed by atoms with Crippen molar-refractivity contribution >= 4 is 17.7 Å². The largest absolute Gasteiger partial charge is 0.381 e. The molecule has 0 aromatic heterocycles. The lowest BCUT2D eigenvalue weighted by atomic mass is 10.1. The maximum Gasteiger partial charge on any atom is 0.223 e. The quantitative estimate of drug-likeness (QED) is 0.781. The summed E-state index contributed by atoms with van der Waals surface area (Å²) in [5, 5.41) is 0. The standard InChI is InChI=1S/C17H25NO2S/c1-13-4-5-16(12-14(13)2)21-11-8-17(19)18-9-6-15(20-3)7-10-18/h4-5,12,15H,6-11H2,1-3H3. The zero-order chi connectivity index (χ0) is 15.2. The van der Waals surface area contributed by atoms with Gasteiger partial charge in [-0.1, -0.05) is 6.07 Å². The minimum Gasteiger partial charge on any atom is -0.381 e. The minimum absolute atomic E-state index is 0.279. The number of hydrogen-bond donors (Lipinski definition) is 0. The van der Waals surface area contributed by atoms with E-state index >= 15 is 0 Å². The van der Waals surface area contributed by atoms with Crippen LogP contribution in [0.4, 0.5) is 0 Å². The number of benzene rings is 1. The Bertz CT molecular complexity index is 482. The predicted molar refractivity (Wildman–Crippen MR) is 87.9 cm³/mol. The maximum absolute atomic E-state index is 12.2. The Balaban J connectivity index is 1.73. The molecule has 0 aliphatic carbocycles. The highest BCUT2D eigenvalue weighted by Crippen LogP contribution is 2.22. The molecule has 1 saturated heterocycles. The first-order valence-electron chi connectivity index (χ1n) is 7.61. The van der Waals surface area contributed by atoms with Gasteiger partial charge in [-0.25, -0.2) is 0 Å². The van der Waals surface area contributed by atoms with Crippen molar-refractivity contribution in [3.63, 3.8) is 0 Å². The molecule has 1 aliphatic heterocycles. The topological polar surface area (TPSA) is 29.5 Å². The highest BCUT2D eigenvalue weighted by atomic mass is 32.2. The number of ether oxygens (including phenoxy) is 1. The third-order valence-corrected chi connectivity index (χ3v) is 5.19. The van der Waals surface area contributed by atoms with Crippen LogP contribution in [0.2, 0.25) is 0 Å². The summed E-state index contributed by atoms with van der Waals surface area (Å²) in [6.07, 6.45) is 2.88. The minimum atomic E-state index is 0.279. The number of amides is 1. The average Bonchev–Trinajstić information content (AvgIpc) is 2.51. The molecule has 0 spiro atoms. The lowest BCUT2D eigenvalue weighted by Gasteiger charge is -2.31. The van der Waals surface area contributed by atoms with Crippen molar-refractivity contribution in [2.75, 3.05) is 26.0 Å². The monoisotopic (exact) mass is 307 g/mol. The Hall–Kier alpha value is -1.00. The Morgan fingerprint density at radius 1 is 1.29 bits per heavy atom. The van der Waals surface area contributed by atoms with Crippen molar-refractivity contribution in [2.45, 2.75) is 44.1 Å². The fraction of sp³-hybridized carbons (Fsp3) is 0.588. The highest BCUT2D eigenvalue weighted by molar-refractivity contribution is 7.99. The molecule has 1 aliphatic rings. The van der Waals surface area contributed by atoms with Crippen LogP contribution in [-0.4, -0.2) is 42.9 Å². The van der Waals surface area contributed by atoms with Crippen molar-refractivity contribution in [1.82, 2.24) is 4.90 Å². The van der Waals surface area contributed by atoms with E-state index in [0.29, 0.717) is 12.5 Å². The van der Waals surface area contributed by atoms with Crippen LogP contribution in [0, 0.1) is 13.8 Å². The highest BCUT2D eigenvalue weighted by Gasteiger charge is 2.21. The number of nitrogens with zero attached hydrogens (tertiary/aromatic N) is 1. The van der Waals surface area contributed by atoms with E-state index in [4.69, 9.17) is 4.74 Å². The van der Waals surface area contributed by atoms with Crippen molar-refractivity contribution in [1.29, 1.82) is 0 Å². The molecule has 1 heterocycles. The molecule has 2 rings (SSSR count). The van der Waals surface area contributed by atoms with Gasteiger partial charge in [0, 0.05) is 37.3 Å². The lowest BCUT2D eigenvalue weighted by Crippen LogP contribution is -2.40. The first-order chi connectivity index (χ1) is 10.1. The zero-order valence-electron chi connectivity index (χ0n) is 13.2. The summed E-state index contributed by atoms with van der Waals surface area (Å²) in [7, 11) is 1.75. The molecule has 1 aromatic rings. The van der Waals surface area contributed by atoms with Gasteiger partial charge in [-0.05, 0) is 49.9 Å². The average molecular weight is 307 g/mol. The fourth-order valence-corrected chi connectivity index (χ4v) is 3.50. The van der Waals surface area contributed by atoms with Gasteiger partial charge in [0.05, 0.1) is 6.10 Å². The summed E-state index contributed by atoms with van der Waals surface area (Å²) in [6.45, 7) is 5.93. The van der Waals surface area contributed by atoms with Crippen LogP contribution in [0.1, 0.15) is 30.4 Å². The van der Waals surface area contributed by atoms with E-state index in [1.807, 2.05) is 4.90 Å². The van der Waals surface area contributed by atoms with Crippen LogP contribution in [-0.2, 0) is 9.53 Å². The molecular weight excluding hydrogens is 282 g/mol.